The molecule has 2 N–H and O–H groups in total. The van der Waals surface area contributed by atoms with Crippen LogP contribution in [0.3, 0.4) is 0 Å². The van der Waals surface area contributed by atoms with Crippen LogP contribution in [0.1, 0.15) is 5.56 Å². The highest BCUT2D eigenvalue weighted by Crippen LogP contribution is 2.25. The Hall–Kier alpha value is -1.08. The van der Waals surface area contributed by atoms with Crippen molar-refractivity contribution in [2.45, 2.75) is 16.5 Å². The molecule has 0 fully saturated rings. The lowest BCUT2D eigenvalue weighted by Gasteiger charge is -2.06. The van der Waals surface area contributed by atoms with E-state index in [1.165, 1.54) is 11.8 Å². The number of rotatable bonds is 6. The second kappa shape index (κ2) is 7.26. The van der Waals surface area contributed by atoms with Crippen LogP contribution in [0.15, 0.2) is 52.5 Å². The van der Waals surface area contributed by atoms with Crippen LogP contribution in [0.25, 0.3) is 0 Å². The van der Waals surface area contributed by atoms with Crippen molar-refractivity contribution in [1.29, 1.82) is 0 Å². The Labute approximate surface area is 133 Å². The largest absolute Gasteiger partial charge is 0.326 e. The van der Waals surface area contributed by atoms with Gasteiger partial charge in [-0.05, 0) is 29.8 Å². The maximum atomic E-state index is 12.3. The van der Waals surface area contributed by atoms with Crippen molar-refractivity contribution in [3.8, 4) is 0 Å². The number of nitrogens with zero attached hydrogens (tertiary/aromatic N) is 1. The number of thioether (sulfide) groups is 1. The minimum Gasteiger partial charge on any atom is -0.326 e. The van der Waals surface area contributed by atoms with Crippen LogP contribution in [0.5, 0.6) is 0 Å². The first-order chi connectivity index (χ1) is 10.0. The first kappa shape index (κ1) is 16.3. The second-order valence-electron chi connectivity index (χ2n) is 4.31. The van der Waals surface area contributed by atoms with Crippen molar-refractivity contribution in [3.05, 3.63) is 53.2 Å². The summed E-state index contributed by atoms with van der Waals surface area (Å²) >= 11 is 7.32. The van der Waals surface area contributed by atoms with Gasteiger partial charge in [0.05, 0.1) is 15.7 Å². The summed E-state index contributed by atoms with van der Waals surface area (Å²) in [5.41, 5.74) is 6.34. The summed E-state index contributed by atoms with van der Waals surface area (Å²) in [5.74, 6) is 0.421. The van der Waals surface area contributed by atoms with Gasteiger partial charge in [-0.3, -0.25) is 0 Å². The smallest absolute Gasteiger partial charge is 0.179 e. The minimum atomic E-state index is -3.32. The van der Waals surface area contributed by atoms with E-state index in [0.29, 0.717) is 27.2 Å². The SMILES string of the molecule is NCc1cccc(S(=O)(=O)CCSc2ncccc2Cl)c1. The summed E-state index contributed by atoms with van der Waals surface area (Å²) in [4.78, 5) is 4.42. The third-order valence-corrected chi connectivity index (χ3v) is 6.21. The molecule has 21 heavy (non-hydrogen) atoms. The molecule has 7 heteroatoms. The van der Waals surface area contributed by atoms with E-state index in [1.807, 2.05) is 0 Å². The van der Waals surface area contributed by atoms with Gasteiger partial charge in [0, 0.05) is 18.5 Å². The molecule has 2 rings (SSSR count). The Bertz CT molecular complexity index is 720. The van der Waals surface area contributed by atoms with Crippen molar-refractivity contribution in [2.75, 3.05) is 11.5 Å². The molecular formula is C14H15ClN2O2S2. The Kier molecular flexibility index (Phi) is 5.64. The first-order valence-electron chi connectivity index (χ1n) is 6.28. The van der Waals surface area contributed by atoms with Gasteiger partial charge in [-0.25, -0.2) is 13.4 Å². The molecule has 2 aromatic rings. The lowest BCUT2D eigenvalue weighted by molar-refractivity contribution is 0.597. The third kappa shape index (κ3) is 4.44. The van der Waals surface area contributed by atoms with Crippen molar-refractivity contribution in [1.82, 2.24) is 4.98 Å². The van der Waals surface area contributed by atoms with E-state index < -0.39 is 9.84 Å². The van der Waals surface area contributed by atoms with Crippen LogP contribution >= 0.6 is 23.4 Å². The van der Waals surface area contributed by atoms with Gasteiger partial charge in [-0.15, -0.1) is 11.8 Å². The molecule has 0 amide bonds. The second-order valence-corrected chi connectivity index (χ2v) is 7.91. The van der Waals surface area contributed by atoms with Crippen LogP contribution in [0, 0.1) is 0 Å². The normalized spacial score (nSPS) is 11.5. The van der Waals surface area contributed by atoms with Gasteiger partial charge in [-0.1, -0.05) is 23.7 Å². The Morgan fingerprint density at radius 2 is 2.05 bits per heavy atom. The average molecular weight is 343 g/mol. The molecule has 0 aliphatic heterocycles. The fraction of sp³-hybridized carbons (Fsp3) is 0.214. The van der Waals surface area contributed by atoms with E-state index >= 15 is 0 Å². The maximum Gasteiger partial charge on any atom is 0.179 e. The summed E-state index contributed by atoms with van der Waals surface area (Å²) in [6, 6.07) is 10.2. The number of halogens is 1. The molecule has 0 radical (unpaired) electrons. The van der Waals surface area contributed by atoms with E-state index in [2.05, 4.69) is 4.98 Å². The maximum absolute atomic E-state index is 12.3. The van der Waals surface area contributed by atoms with E-state index in [4.69, 9.17) is 17.3 Å². The van der Waals surface area contributed by atoms with Crippen LogP contribution in [0.2, 0.25) is 5.02 Å². The van der Waals surface area contributed by atoms with Gasteiger partial charge in [-0.2, -0.15) is 0 Å². The molecule has 1 heterocycles. The molecule has 0 aliphatic carbocycles. The molecule has 0 atom stereocenters. The lowest BCUT2D eigenvalue weighted by Crippen LogP contribution is -2.10. The molecule has 0 saturated carbocycles. The summed E-state index contributed by atoms with van der Waals surface area (Å²) in [5, 5.41) is 1.18. The van der Waals surface area contributed by atoms with Crippen molar-refractivity contribution in [3.63, 3.8) is 0 Å². The first-order valence-corrected chi connectivity index (χ1v) is 9.29. The van der Waals surface area contributed by atoms with Crippen LogP contribution < -0.4 is 5.73 Å². The molecule has 0 bridgehead atoms. The van der Waals surface area contributed by atoms with Gasteiger partial charge >= 0.3 is 0 Å². The van der Waals surface area contributed by atoms with Gasteiger partial charge in [0.25, 0.3) is 0 Å². The predicted molar refractivity (Wildman–Crippen MR) is 86.4 cm³/mol. The summed E-state index contributed by atoms with van der Waals surface area (Å²) in [7, 11) is -3.32. The number of hydrogen-bond donors (Lipinski definition) is 1. The number of sulfone groups is 1. The standard InChI is InChI=1S/C14H15ClN2O2S2/c15-13-5-2-6-17-14(13)20-7-8-21(18,19)12-4-1-3-11(9-12)10-16/h1-6,9H,7-8,10,16H2. The molecule has 1 aromatic heterocycles. The zero-order valence-corrected chi connectivity index (χ0v) is 13.6. The number of benzene rings is 1. The van der Waals surface area contributed by atoms with E-state index in [0.717, 1.165) is 5.56 Å². The molecular weight excluding hydrogens is 328 g/mol. The molecule has 4 nitrogen and oxygen atoms in total. The van der Waals surface area contributed by atoms with Gasteiger partial charge in [0.2, 0.25) is 0 Å². The Morgan fingerprint density at radius 3 is 2.76 bits per heavy atom. The Balaban J connectivity index is 2.03. The third-order valence-electron chi connectivity index (χ3n) is 2.81. The van der Waals surface area contributed by atoms with Gasteiger partial charge < -0.3 is 5.73 Å². The van der Waals surface area contributed by atoms with Gasteiger partial charge in [0.1, 0.15) is 5.03 Å². The van der Waals surface area contributed by atoms with Gasteiger partial charge in [0.15, 0.2) is 9.84 Å². The van der Waals surface area contributed by atoms with E-state index in [1.54, 1.807) is 42.6 Å². The quantitative estimate of drug-likeness (QED) is 0.817. The number of aromatic nitrogens is 1. The molecule has 1 aromatic carbocycles. The summed E-state index contributed by atoms with van der Waals surface area (Å²) in [6.07, 6.45) is 1.63. The van der Waals surface area contributed by atoms with E-state index in [-0.39, 0.29) is 5.75 Å². The molecule has 112 valence electrons. The monoisotopic (exact) mass is 342 g/mol. The highest BCUT2D eigenvalue weighted by molar-refractivity contribution is 8.00. The Morgan fingerprint density at radius 1 is 1.24 bits per heavy atom. The molecule has 0 saturated heterocycles. The molecule has 0 spiro atoms. The lowest BCUT2D eigenvalue weighted by atomic mass is 10.2. The van der Waals surface area contributed by atoms with Crippen LogP contribution in [-0.2, 0) is 16.4 Å². The van der Waals surface area contributed by atoms with E-state index in [9.17, 15) is 8.42 Å². The van der Waals surface area contributed by atoms with Crippen LogP contribution in [-0.4, -0.2) is 24.9 Å². The van der Waals surface area contributed by atoms with Crippen molar-refractivity contribution in [2.24, 2.45) is 5.73 Å². The zero-order chi connectivity index (χ0) is 15.3. The number of pyridine rings is 1. The number of hydrogen-bond acceptors (Lipinski definition) is 5. The summed E-state index contributed by atoms with van der Waals surface area (Å²) in [6.45, 7) is 0.321. The highest BCUT2D eigenvalue weighted by Gasteiger charge is 2.15. The highest BCUT2D eigenvalue weighted by atomic mass is 35.5. The fourth-order valence-corrected chi connectivity index (χ4v) is 4.59. The summed E-state index contributed by atoms with van der Waals surface area (Å²) < 4.78 is 24.5. The predicted octanol–water partition coefficient (Wildman–Crippen LogP) is 2.76. The fourth-order valence-electron chi connectivity index (χ4n) is 1.71. The van der Waals surface area contributed by atoms with Crippen molar-refractivity contribution >= 4 is 33.2 Å². The molecule has 0 aliphatic rings. The number of nitrogens with two attached hydrogens (primary N) is 1. The van der Waals surface area contributed by atoms with Crippen LogP contribution in [0.4, 0.5) is 0 Å². The zero-order valence-electron chi connectivity index (χ0n) is 11.2. The van der Waals surface area contributed by atoms with Crippen molar-refractivity contribution < 1.29 is 8.42 Å². The average Bonchev–Trinajstić information content (AvgIpc) is 2.49. The minimum absolute atomic E-state index is 0.0264. The molecule has 0 unspecified atom stereocenters. The topological polar surface area (TPSA) is 73.1 Å².